The Morgan fingerprint density at radius 2 is 2.22 bits per heavy atom. The Labute approximate surface area is 137 Å². The van der Waals surface area contributed by atoms with Gasteiger partial charge in [-0.05, 0) is 36.6 Å². The molecule has 116 valence electrons. The average molecular weight is 324 g/mol. The van der Waals surface area contributed by atoms with Gasteiger partial charge in [-0.2, -0.15) is 0 Å². The third-order valence-electron chi connectivity index (χ3n) is 4.19. The van der Waals surface area contributed by atoms with E-state index < -0.39 is 0 Å². The highest BCUT2D eigenvalue weighted by molar-refractivity contribution is 8.14. The van der Waals surface area contributed by atoms with Crippen molar-refractivity contribution < 1.29 is 4.79 Å². The van der Waals surface area contributed by atoms with Crippen LogP contribution in [0.1, 0.15) is 23.7 Å². The Morgan fingerprint density at radius 3 is 3.04 bits per heavy atom. The summed E-state index contributed by atoms with van der Waals surface area (Å²) in [6, 6.07) is 6.02. The molecule has 0 spiro atoms. The van der Waals surface area contributed by atoms with E-state index >= 15 is 0 Å². The van der Waals surface area contributed by atoms with Gasteiger partial charge in [-0.1, -0.05) is 24.8 Å². The van der Waals surface area contributed by atoms with Gasteiger partial charge in [0, 0.05) is 22.7 Å². The molecule has 0 aliphatic carbocycles. The van der Waals surface area contributed by atoms with Gasteiger partial charge in [0.15, 0.2) is 5.12 Å². The van der Waals surface area contributed by atoms with Crippen molar-refractivity contribution in [3.8, 4) is 0 Å². The quantitative estimate of drug-likeness (QED) is 0.768. The molecule has 3 aromatic rings. The van der Waals surface area contributed by atoms with Crippen LogP contribution < -0.4 is 5.32 Å². The third kappa shape index (κ3) is 2.39. The molecular formula is C17H16N4OS. The fourth-order valence-electron chi connectivity index (χ4n) is 3.00. The molecule has 0 bridgehead atoms. The Kier molecular flexibility index (Phi) is 3.34. The van der Waals surface area contributed by atoms with E-state index in [0.29, 0.717) is 6.42 Å². The predicted molar refractivity (Wildman–Crippen MR) is 92.3 cm³/mol. The zero-order valence-electron chi connectivity index (χ0n) is 12.9. The lowest BCUT2D eigenvalue weighted by Crippen LogP contribution is -1.96. The van der Waals surface area contributed by atoms with Crippen molar-refractivity contribution in [2.75, 3.05) is 5.32 Å². The standard InChI is InChI=1S/C17H16N4OS/c1-3-12-9(2)15-16(18-8-19-17(15)21-12)20-11-5-4-10-6-14(22)23-13(10)7-11/h4-5,7-8H,3,6H2,1-2H3,(H2,18,19,20,21). The van der Waals surface area contributed by atoms with Crippen LogP contribution >= 0.6 is 11.8 Å². The van der Waals surface area contributed by atoms with Crippen molar-refractivity contribution in [3.63, 3.8) is 0 Å². The zero-order chi connectivity index (χ0) is 16.0. The lowest BCUT2D eigenvalue weighted by atomic mass is 10.1. The van der Waals surface area contributed by atoms with E-state index in [1.54, 1.807) is 6.33 Å². The second-order valence-corrected chi connectivity index (χ2v) is 6.73. The van der Waals surface area contributed by atoms with E-state index in [1.165, 1.54) is 23.0 Å². The number of nitrogens with one attached hydrogen (secondary N) is 2. The van der Waals surface area contributed by atoms with Gasteiger partial charge in [0.25, 0.3) is 0 Å². The third-order valence-corrected chi connectivity index (χ3v) is 5.16. The number of aromatic nitrogens is 3. The van der Waals surface area contributed by atoms with E-state index in [2.05, 4.69) is 34.1 Å². The second-order valence-electron chi connectivity index (χ2n) is 5.63. The van der Waals surface area contributed by atoms with Gasteiger partial charge in [-0.15, -0.1) is 0 Å². The van der Waals surface area contributed by atoms with Crippen LogP contribution in [0.3, 0.4) is 0 Å². The lowest BCUT2D eigenvalue weighted by Gasteiger charge is -2.08. The average Bonchev–Trinajstić information content (AvgIpc) is 3.06. The van der Waals surface area contributed by atoms with Gasteiger partial charge in [0.05, 0.1) is 5.39 Å². The summed E-state index contributed by atoms with van der Waals surface area (Å²) in [7, 11) is 0. The molecule has 0 unspecified atom stereocenters. The largest absolute Gasteiger partial charge is 0.343 e. The van der Waals surface area contributed by atoms with Gasteiger partial charge in [-0.25, -0.2) is 9.97 Å². The molecule has 2 N–H and O–H groups in total. The monoisotopic (exact) mass is 324 g/mol. The summed E-state index contributed by atoms with van der Waals surface area (Å²) in [6.45, 7) is 4.20. The van der Waals surface area contributed by atoms with Gasteiger partial charge >= 0.3 is 0 Å². The molecule has 1 aliphatic rings. The minimum atomic E-state index is 0.204. The molecule has 6 heteroatoms. The van der Waals surface area contributed by atoms with Crippen molar-refractivity contribution in [1.82, 2.24) is 15.0 Å². The molecule has 3 heterocycles. The van der Waals surface area contributed by atoms with Crippen LogP contribution in [0.25, 0.3) is 11.0 Å². The maximum Gasteiger partial charge on any atom is 0.198 e. The normalized spacial score (nSPS) is 13.6. The van der Waals surface area contributed by atoms with E-state index in [4.69, 9.17) is 0 Å². The van der Waals surface area contributed by atoms with Crippen LogP contribution in [0.15, 0.2) is 29.4 Å². The number of nitrogens with zero attached hydrogens (tertiary/aromatic N) is 2. The molecule has 0 fully saturated rings. The number of thioether (sulfide) groups is 1. The Bertz CT molecular complexity index is 932. The first kappa shape index (κ1) is 14.3. The molecule has 0 saturated heterocycles. The lowest BCUT2D eigenvalue weighted by molar-refractivity contribution is -0.110. The molecular weight excluding hydrogens is 308 g/mol. The van der Waals surface area contributed by atoms with Crippen LogP contribution in [0.2, 0.25) is 0 Å². The van der Waals surface area contributed by atoms with E-state index in [1.807, 2.05) is 18.2 Å². The van der Waals surface area contributed by atoms with Crippen LogP contribution in [0.4, 0.5) is 11.5 Å². The maximum absolute atomic E-state index is 11.5. The summed E-state index contributed by atoms with van der Waals surface area (Å²) in [5, 5.41) is 4.60. The van der Waals surface area contributed by atoms with E-state index in [0.717, 1.165) is 39.4 Å². The number of carbonyl (C=O) groups excluding carboxylic acids is 1. The number of carbonyl (C=O) groups is 1. The van der Waals surface area contributed by atoms with Crippen molar-refractivity contribution >= 4 is 39.4 Å². The molecule has 2 aromatic heterocycles. The van der Waals surface area contributed by atoms with Gasteiger partial charge in [0.1, 0.15) is 17.8 Å². The fraction of sp³-hybridized carbons (Fsp3) is 0.235. The summed E-state index contributed by atoms with van der Waals surface area (Å²) in [5.41, 5.74) is 5.24. The van der Waals surface area contributed by atoms with Crippen molar-refractivity contribution in [2.45, 2.75) is 31.6 Å². The number of aromatic amines is 1. The first-order valence-electron chi connectivity index (χ1n) is 7.58. The molecule has 0 atom stereocenters. The summed E-state index contributed by atoms with van der Waals surface area (Å²) >= 11 is 1.31. The molecule has 23 heavy (non-hydrogen) atoms. The van der Waals surface area contributed by atoms with E-state index in [9.17, 15) is 4.79 Å². The Hall–Kier alpha value is -2.34. The highest BCUT2D eigenvalue weighted by Crippen LogP contribution is 2.36. The molecule has 0 saturated carbocycles. The number of hydrogen-bond donors (Lipinski definition) is 2. The van der Waals surface area contributed by atoms with Gasteiger partial charge < -0.3 is 10.3 Å². The highest BCUT2D eigenvalue weighted by atomic mass is 32.2. The van der Waals surface area contributed by atoms with Crippen LogP contribution in [0.5, 0.6) is 0 Å². The Morgan fingerprint density at radius 1 is 1.35 bits per heavy atom. The number of aryl methyl sites for hydroxylation is 2. The highest BCUT2D eigenvalue weighted by Gasteiger charge is 2.20. The fourth-order valence-corrected chi connectivity index (χ4v) is 3.93. The molecule has 1 aromatic carbocycles. The zero-order valence-corrected chi connectivity index (χ0v) is 13.8. The smallest absolute Gasteiger partial charge is 0.198 e. The van der Waals surface area contributed by atoms with Crippen molar-refractivity contribution in [1.29, 1.82) is 0 Å². The summed E-state index contributed by atoms with van der Waals surface area (Å²) in [5.74, 6) is 0.790. The number of fused-ring (bicyclic) bond motifs is 2. The summed E-state index contributed by atoms with van der Waals surface area (Å²) in [6.07, 6.45) is 3.01. The topological polar surface area (TPSA) is 70.7 Å². The minimum Gasteiger partial charge on any atom is -0.343 e. The number of H-pyrrole nitrogens is 1. The first-order chi connectivity index (χ1) is 11.2. The SMILES string of the molecule is CCc1[nH]c2ncnc(Nc3ccc4c(c3)SC(=O)C4)c2c1C. The molecule has 5 nitrogen and oxygen atoms in total. The summed E-state index contributed by atoms with van der Waals surface area (Å²) < 4.78 is 0. The maximum atomic E-state index is 11.5. The van der Waals surface area contributed by atoms with E-state index in [-0.39, 0.29) is 5.12 Å². The number of hydrogen-bond acceptors (Lipinski definition) is 5. The molecule has 0 amide bonds. The number of benzene rings is 1. The summed E-state index contributed by atoms with van der Waals surface area (Å²) in [4.78, 5) is 24.7. The number of rotatable bonds is 3. The van der Waals surface area contributed by atoms with Crippen LogP contribution in [0, 0.1) is 6.92 Å². The van der Waals surface area contributed by atoms with Gasteiger partial charge in [-0.3, -0.25) is 4.79 Å². The van der Waals surface area contributed by atoms with Crippen LogP contribution in [-0.4, -0.2) is 20.1 Å². The second kappa shape index (κ2) is 5.38. The van der Waals surface area contributed by atoms with Crippen molar-refractivity contribution in [2.24, 2.45) is 0 Å². The minimum absolute atomic E-state index is 0.204. The first-order valence-corrected chi connectivity index (χ1v) is 8.40. The Balaban J connectivity index is 1.75. The predicted octanol–water partition coefficient (Wildman–Crippen LogP) is 3.75. The van der Waals surface area contributed by atoms with Crippen LogP contribution in [-0.2, 0) is 17.6 Å². The number of anilines is 2. The van der Waals surface area contributed by atoms with Crippen molar-refractivity contribution in [3.05, 3.63) is 41.3 Å². The van der Waals surface area contributed by atoms with Gasteiger partial charge in [0.2, 0.25) is 0 Å². The molecule has 0 radical (unpaired) electrons. The molecule has 1 aliphatic heterocycles. The molecule has 4 rings (SSSR count).